The van der Waals surface area contributed by atoms with Gasteiger partial charge in [-0.2, -0.15) is 0 Å². The first-order valence-corrected chi connectivity index (χ1v) is 7.37. The van der Waals surface area contributed by atoms with Gasteiger partial charge in [0.1, 0.15) is 11.9 Å². The van der Waals surface area contributed by atoms with Crippen molar-refractivity contribution in [3.63, 3.8) is 0 Å². The van der Waals surface area contributed by atoms with Gasteiger partial charge in [0, 0.05) is 23.2 Å². The van der Waals surface area contributed by atoms with Crippen LogP contribution in [0.1, 0.15) is 25.5 Å². The van der Waals surface area contributed by atoms with Crippen LogP contribution >= 0.6 is 12.2 Å². The Bertz CT molecular complexity index is 727. The summed E-state index contributed by atoms with van der Waals surface area (Å²) in [5.41, 5.74) is 1.33. The van der Waals surface area contributed by atoms with E-state index in [0.29, 0.717) is 22.7 Å². The van der Waals surface area contributed by atoms with Crippen LogP contribution in [0.3, 0.4) is 0 Å². The van der Waals surface area contributed by atoms with E-state index in [-0.39, 0.29) is 12.3 Å². The molecule has 1 aromatic carbocycles. The molecule has 1 aliphatic heterocycles. The smallest absolute Gasteiger partial charge is 0.338 e. The van der Waals surface area contributed by atoms with Crippen molar-refractivity contribution in [3.8, 4) is 0 Å². The van der Waals surface area contributed by atoms with Gasteiger partial charge in [0.2, 0.25) is 0 Å². The number of carbonyl (C=O) groups is 1. The number of nitro groups is 1. The third kappa shape index (κ3) is 3.59. The number of hydrogen-bond acceptors (Lipinski definition) is 7. The minimum Gasteiger partial charge on any atom is -0.463 e. The molecule has 0 saturated carbocycles. The number of aliphatic imine (C=N–C) groups is 1. The van der Waals surface area contributed by atoms with Gasteiger partial charge >= 0.3 is 5.97 Å². The number of allylic oxidation sites excluding steroid dienone is 1. The largest absolute Gasteiger partial charge is 0.463 e. The monoisotopic (exact) mass is 333 g/mol. The van der Waals surface area contributed by atoms with Gasteiger partial charge in [-0.05, 0) is 19.4 Å². The number of amidine groups is 1. The van der Waals surface area contributed by atoms with Crippen molar-refractivity contribution in [2.75, 3.05) is 6.61 Å². The Kier molecular flexibility index (Phi) is 5.17. The first-order chi connectivity index (χ1) is 11.0. The van der Waals surface area contributed by atoms with E-state index in [1.165, 1.54) is 17.5 Å². The highest BCUT2D eigenvalue weighted by atomic mass is 32.1. The Morgan fingerprint density at radius 3 is 2.91 bits per heavy atom. The van der Waals surface area contributed by atoms with Gasteiger partial charge < -0.3 is 10.1 Å². The predicted octanol–water partition coefficient (Wildman–Crippen LogP) is 2.47. The molecule has 0 spiro atoms. The number of rotatable bonds is 5. The number of non-ortho nitro benzene ring substituents is 1. The fourth-order valence-corrected chi connectivity index (χ4v) is 2.40. The van der Waals surface area contributed by atoms with Crippen LogP contribution in [0.5, 0.6) is 0 Å². The molecule has 1 aliphatic rings. The SMILES string of the molecule is CCOC(=O)C1=C(C)NC(C=S)=NC1c1cccc([N+](=O)[O-])c1. The average Bonchev–Trinajstić information content (AvgIpc) is 2.54. The standard InChI is InChI=1S/C15H15N3O4S/c1-3-22-15(19)13-9(2)16-12(8-23)17-14(13)10-5-4-6-11(7-10)18(20)21/h4-8,14H,3H2,1-2H3,(H,16,17). The summed E-state index contributed by atoms with van der Waals surface area (Å²) in [5.74, 6) is -0.0942. The molecule has 0 aliphatic carbocycles. The van der Waals surface area contributed by atoms with Gasteiger partial charge in [0.25, 0.3) is 5.69 Å². The van der Waals surface area contributed by atoms with Crippen molar-refractivity contribution in [2.45, 2.75) is 19.9 Å². The van der Waals surface area contributed by atoms with Crippen molar-refractivity contribution < 1.29 is 14.5 Å². The summed E-state index contributed by atoms with van der Waals surface area (Å²) in [4.78, 5) is 27.1. The lowest BCUT2D eigenvalue weighted by Crippen LogP contribution is -2.32. The maximum absolute atomic E-state index is 12.2. The second kappa shape index (κ2) is 7.10. The molecule has 0 radical (unpaired) electrons. The van der Waals surface area contributed by atoms with E-state index >= 15 is 0 Å². The van der Waals surface area contributed by atoms with Crippen LogP contribution in [0.4, 0.5) is 5.69 Å². The third-order valence-corrected chi connectivity index (χ3v) is 3.49. The molecule has 1 unspecified atom stereocenters. The van der Waals surface area contributed by atoms with Crippen LogP contribution in [-0.2, 0) is 9.53 Å². The third-order valence-electron chi connectivity index (χ3n) is 3.26. The summed E-state index contributed by atoms with van der Waals surface area (Å²) in [6.45, 7) is 3.64. The van der Waals surface area contributed by atoms with E-state index in [9.17, 15) is 14.9 Å². The normalized spacial score (nSPS) is 17.1. The van der Waals surface area contributed by atoms with E-state index in [4.69, 9.17) is 17.0 Å². The Morgan fingerprint density at radius 2 is 2.30 bits per heavy atom. The number of nitrogens with one attached hydrogen (secondary N) is 1. The first-order valence-electron chi connectivity index (χ1n) is 6.90. The predicted molar refractivity (Wildman–Crippen MR) is 89.4 cm³/mol. The lowest BCUT2D eigenvalue weighted by atomic mass is 9.96. The van der Waals surface area contributed by atoms with Crippen LogP contribution in [-0.4, -0.2) is 28.7 Å². The first kappa shape index (κ1) is 16.8. The van der Waals surface area contributed by atoms with Crippen LogP contribution in [0.15, 0.2) is 40.5 Å². The number of benzene rings is 1. The van der Waals surface area contributed by atoms with Crippen LogP contribution in [0.2, 0.25) is 0 Å². The number of nitro benzene ring substituents is 1. The zero-order valence-corrected chi connectivity index (χ0v) is 13.4. The summed E-state index contributed by atoms with van der Waals surface area (Å²) in [6, 6.07) is 5.31. The summed E-state index contributed by atoms with van der Waals surface area (Å²) in [6.07, 6.45) is 0. The van der Waals surface area contributed by atoms with Gasteiger partial charge in [-0.3, -0.25) is 15.1 Å². The molecular formula is C15H15N3O4S. The zero-order valence-electron chi connectivity index (χ0n) is 12.6. The average molecular weight is 333 g/mol. The lowest BCUT2D eigenvalue weighted by Gasteiger charge is -2.24. The molecule has 23 heavy (non-hydrogen) atoms. The zero-order chi connectivity index (χ0) is 17.0. The molecule has 1 N–H and O–H groups in total. The molecule has 2 rings (SSSR count). The Hall–Kier alpha value is -2.61. The number of nitrogens with zero attached hydrogens (tertiary/aromatic N) is 2. The molecule has 8 heteroatoms. The minimum absolute atomic E-state index is 0.0685. The highest BCUT2D eigenvalue weighted by Gasteiger charge is 2.30. The molecule has 1 aromatic rings. The van der Waals surface area contributed by atoms with E-state index in [1.54, 1.807) is 26.0 Å². The molecule has 0 fully saturated rings. The molecule has 0 amide bonds. The summed E-state index contributed by atoms with van der Waals surface area (Å²) >= 11 is 4.89. The van der Waals surface area contributed by atoms with Crippen LogP contribution in [0.25, 0.3) is 0 Å². The van der Waals surface area contributed by atoms with Gasteiger partial charge in [-0.15, -0.1) is 0 Å². The fraction of sp³-hybridized carbons (Fsp3) is 0.267. The molecular weight excluding hydrogens is 318 g/mol. The molecule has 0 bridgehead atoms. The molecule has 0 saturated heterocycles. The van der Waals surface area contributed by atoms with E-state index in [2.05, 4.69) is 10.3 Å². The molecule has 7 nitrogen and oxygen atoms in total. The maximum Gasteiger partial charge on any atom is 0.338 e. The van der Waals surface area contributed by atoms with Crippen molar-refractivity contribution in [2.24, 2.45) is 4.99 Å². The lowest BCUT2D eigenvalue weighted by molar-refractivity contribution is -0.384. The maximum atomic E-state index is 12.2. The summed E-state index contributed by atoms with van der Waals surface area (Å²) in [7, 11) is 0. The fourth-order valence-electron chi connectivity index (χ4n) is 2.28. The van der Waals surface area contributed by atoms with E-state index in [0.717, 1.165) is 0 Å². The number of ether oxygens (including phenoxy) is 1. The molecule has 0 aromatic heterocycles. The molecule has 1 heterocycles. The second-order valence-electron chi connectivity index (χ2n) is 4.77. The topological polar surface area (TPSA) is 93.8 Å². The molecule has 1 atom stereocenters. The molecule has 120 valence electrons. The number of carbonyl (C=O) groups excluding carboxylic acids is 1. The van der Waals surface area contributed by atoms with Crippen molar-refractivity contribution in [1.29, 1.82) is 0 Å². The van der Waals surface area contributed by atoms with Gasteiger partial charge in [-0.1, -0.05) is 24.4 Å². The Labute approximate surface area is 138 Å². The number of thiocarbonyl (C=S) groups is 1. The minimum atomic E-state index is -0.704. The van der Waals surface area contributed by atoms with Crippen LogP contribution in [0, 0.1) is 10.1 Å². The summed E-state index contributed by atoms with van der Waals surface area (Å²) in [5, 5.41) is 15.3. The van der Waals surface area contributed by atoms with Crippen molar-refractivity contribution >= 4 is 35.1 Å². The number of esters is 1. The Balaban J connectivity index is 2.53. The van der Waals surface area contributed by atoms with Crippen molar-refractivity contribution in [1.82, 2.24) is 5.32 Å². The highest BCUT2D eigenvalue weighted by molar-refractivity contribution is 7.80. The summed E-state index contributed by atoms with van der Waals surface area (Å²) < 4.78 is 5.07. The van der Waals surface area contributed by atoms with E-state index < -0.39 is 16.9 Å². The van der Waals surface area contributed by atoms with Gasteiger partial charge in [0.15, 0.2) is 0 Å². The Morgan fingerprint density at radius 1 is 1.57 bits per heavy atom. The highest BCUT2D eigenvalue weighted by Crippen LogP contribution is 2.32. The number of hydrogen-bond donors (Lipinski definition) is 1. The van der Waals surface area contributed by atoms with Gasteiger partial charge in [-0.25, -0.2) is 4.79 Å². The van der Waals surface area contributed by atoms with E-state index in [1.807, 2.05) is 0 Å². The van der Waals surface area contributed by atoms with Gasteiger partial charge in [0.05, 0.1) is 17.1 Å². The van der Waals surface area contributed by atoms with Crippen molar-refractivity contribution in [3.05, 3.63) is 51.2 Å². The quantitative estimate of drug-likeness (QED) is 0.385. The second-order valence-corrected chi connectivity index (χ2v) is 5.01. The van der Waals surface area contributed by atoms with Crippen LogP contribution < -0.4 is 5.32 Å².